The Bertz CT molecular complexity index is 509. The van der Waals surface area contributed by atoms with Gasteiger partial charge >= 0.3 is 16.4 Å². The zero-order chi connectivity index (χ0) is 12.3. The summed E-state index contributed by atoms with van der Waals surface area (Å²) in [6, 6.07) is 2.91. The highest BCUT2D eigenvalue weighted by Crippen LogP contribution is 2.28. The Labute approximate surface area is 90.1 Å². The van der Waals surface area contributed by atoms with Gasteiger partial charge in [-0.3, -0.25) is 0 Å². The smallest absolute Gasteiger partial charge is 0.495 e. The summed E-state index contributed by atoms with van der Waals surface area (Å²) in [7, 11) is -4.40. The van der Waals surface area contributed by atoms with Crippen molar-refractivity contribution in [2.24, 2.45) is 0 Å². The molecule has 0 aliphatic heterocycles. The Kier molecular flexibility index (Phi) is 3.32. The van der Waals surface area contributed by atoms with Gasteiger partial charge in [0.1, 0.15) is 0 Å². The van der Waals surface area contributed by atoms with Crippen LogP contribution in [0.5, 0.6) is 11.5 Å². The first-order valence-corrected chi connectivity index (χ1v) is 5.13. The van der Waals surface area contributed by atoms with Crippen LogP contribution in [-0.2, 0) is 14.7 Å². The van der Waals surface area contributed by atoms with Crippen LogP contribution in [0.3, 0.4) is 0 Å². The molecule has 0 unspecified atom stereocenters. The average molecular weight is 250 g/mol. The minimum absolute atomic E-state index is 0.243. The van der Waals surface area contributed by atoms with Crippen molar-refractivity contribution in [3.05, 3.63) is 23.8 Å². The van der Waals surface area contributed by atoms with Crippen molar-refractivity contribution in [2.75, 3.05) is 0 Å². The molecule has 1 rings (SSSR count). The molecule has 88 valence electrons. The molecule has 0 saturated carbocycles. The van der Waals surface area contributed by atoms with E-state index < -0.39 is 27.9 Å². The second-order valence-electron chi connectivity index (χ2n) is 2.60. The lowest BCUT2D eigenvalue weighted by atomic mass is 10.2. The van der Waals surface area contributed by atoms with Crippen LogP contribution in [0, 0.1) is 0 Å². The number of carboxylic acids is 1. The molecule has 0 heterocycles. The van der Waals surface area contributed by atoms with Crippen molar-refractivity contribution in [1.29, 1.82) is 0 Å². The number of aromatic carboxylic acids is 1. The second-order valence-corrected chi connectivity index (χ2v) is 3.82. The van der Waals surface area contributed by atoms with Crippen molar-refractivity contribution in [3.8, 4) is 11.5 Å². The molecule has 16 heavy (non-hydrogen) atoms. The van der Waals surface area contributed by atoms with E-state index in [2.05, 4.69) is 14.4 Å². The van der Waals surface area contributed by atoms with E-state index >= 15 is 0 Å². The summed E-state index contributed by atoms with van der Waals surface area (Å²) in [4.78, 5) is 10.6. The Morgan fingerprint density at radius 3 is 2.50 bits per heavy atom. The molecule has 0 bridgehead atoms. The number of hydrogen-bond acceptors (Lipinski definition) is 6. The van der Waals surface area contributed by atoms with Gasteiger partial charge < -0.3 is 14.4 Å². The third-order valence-electron chi connectivity index (χ3n) is 1.54. The summed E-state index contributed by atoms with van der Waals surface area (Å²) in [6.07, 6.45) is 0. The monoisotopic (exact) mass is 250 g/mol. The van der Waals surface area contributed by atoms with E-state index in [1.54, 1.807) is 0 Å². The van der Waals surface area contributed by atoms with Crippen LogP contribution in [0.25, 0.3) is 0 Å². The van der Waals surface area contributed by atoms with Gasteiger partial charge in [0.05, 0.1) is 5.56 Å². The third-order valence-corrected chi connectivity index (χ3v) is 2.22. The van der Waals surface area contributed by atoms with Gasteiger partial charge in [-0.15, -0.1) is 0 Å². The molecule has 9 heteroatoms. The zero-order valence-electron chi connectivity index (χ0n) is 7.78. The Morgan fingerprint density at radius 1 is 1.38 bits per heavy atom. The largest absolute Gasteiger partial charge is 0.504 e. The molecule has 5 N–H and O–H groups in total. The fourth-order valence-corrected chi connectivity index (χ4v) is 1.25. The van der Waals surface area contributed by atoms with Crippen LogP contribution in [-0.4, -0.2) is 24.6 Å². The molecule has 0 aromatic heterocycles. The minimum Gasteiger partial charge on any atom is -0.504 e. The Balaban J connectivity index is 3.13. The molecule has 0 atom stereocenters. The number of carboxylic acid groups (broad SMARTS) is 1. The summed E-state index contributed by atoms with van der Waals surface area (Å²) in [5, 5.41) is 17.8. The number of phenolic OH excluding ortho intramolecular Hbond substituents is 1. The molecule has 0 aliphatic rings. The normalized spacial score (nSPS) is 11.1. The minimum atomic E-state index is -4.40. The van der Waals surface area contributed by atoms with Crippen LogP contribution in [0.2, 0.25) is 0 Å². The van der Waals surface area contributed by atoms with Crippen LogP contribution in [0.15, 0.2) is 18.2 Å². The summed E-state index contributed by atoms with van der Waals surface area (Å²) in [5.41, 5.74) is -0.243. The molecular formula is C7H8NO7S+. The Morgan fingerprint density at radius 2 is 2.00 bits per heavy atom. The molecule has 0 amide bonds. The maximum Gasteiger partial charge on any atom is 0.495 e. The van der Waals surface area contributed by atoms with Crippen molar-refractivity contribution < 1.29 is 37.8 Å². The maximum absolute atomic E-state index is 10.8. The average Bonchev–Trinajstić information content (AvgIpc) is 2.21. The topological polar surface area (TPSA) is 138 Å². The summed E-state index contributed by atoms with van der Waals surface area (Å²) < 4.78 is 29.7. The molecule has 1 aromatic carbocycles. The van der Waals surface area contributed by atoms with Crippen molar-refractivity contribution in [2.45, 2.75) is 0 Å². The second kappa shape index (κ2) is 4.35. The molecule has 8 nitrogen and oxygen atoms in total. The molecule has 0 spiro atoms. The van der Waals surface area contributed by atoms with Gasteiger partial charge in [0, 0.05) is 6.07 Å². The van der Waals surface area contributed by atoms with Crippen molar-refractivity contribution in [1.82, 2.24) is 0 Å². The molecule has 0 aliphatic carbocycles. The van der Waals surface area contributed by atoms with Crippen LogP contribution >= 0.6 is 0 Å². The number of aromatic hydroxyl groups is 1. The number of phenols is 1. The van der Waals surface area contributed by atoms with E-state index in [0.717, 1.165) is 18.2 Å². The van der Waals surface area contributed by atoms with Crippen molar-refractivity contribution in [3.63, 3.8) is 0 Å². The molecule has 1 aromatic rings. The van der Waals surface area contributed by atoms with E-state index in [0.29, 0.717) is 0 Å². The van der Waals surface area contributed by atoms with E-state index in [1.807, 2.05) is 0 Å². The van der Waals surface area contributed by atoms with E-state index in [4.69, 9.17) is 5.11 Å². The molecular weight excluding hydrogens is 242 g/mol. The first-order valence-electron chi connectivity index (χ1n) is 3.80. The highest BCUT2D eigenvalue weighted by Gasteiger charge is 2.18. The lowest BCUT2D eigenvalue weighted by Gasteiger charge is -2.05. The number of carbonyl (C=O) groups is 1. The van der Waals surface area contributed by atoms with Crippen LogP contribution in [0.1, 0.15) is 10.4 Å². The fourth-order valence-electron chi connectivity index (χ4n) is 0.848. The van der Waals surface area contributed by atoms with E-state index in [9.17, 15) is 18.3 Å². The first-order chi connectivity index (χ1) is 7.35. The highest BCUT2D eigenvalue weighted by atomic mass is 32.3. The van der Waals surface area contributed by atoms with Gasteiger partial charge in [-0.2, -0.15) is 14.3 Å². The maximum atomic E-state index is 10.8. The van der Waals surface area contributed by atoms with Crippen molar-refractivity contribution >= 4 is 16.4 Å². The fraction of sp³-hybridized carbons (Fsp3) is 0. The van der Waals surface area contributed by atoms with E-state index in [1.165, 1.54) is 0 Å². The number of quaternary nitrogens is 1. The molecule has 0 fully saturated rings. The summed E-state index contributed by atoms with van der Waals surface area (Å²) in [6.45, 7) is 0. The number of rotatable bonds is 4. The van der Waals surface area contributed by atoms with Gasteiger partial charge in [0.15, 0.2) is 11.5 Å². The van der Waals surface area contributed by atoms with Crippen LogP contribution in [0.4, 0.5) is 0 Å². The van der Waals surface area contributed by atoms with Gasteiger partial charge in [0.25, 0.3) is 0 Å². The standard InChI is InChI=1S/C7H7NO7S/c8-15-16(12,13)14-6-3-4(7(10)11)1-2-5(6)9/h1-3H,8H3,(H-,9,10,11)/p+1. The third kappa shape index (κ3) is 2.82. The molecule has 0 radical (unpaired) electrons. The SMILES string of the molecule is [NH3+]OS(=O)(=O)Oc1cc(C(=O)O)ccc1O. The summed E-state index contributed by atoms with van der Waals surface area (Å²) in [5.74, 6) is 0.247. The van der Waals surface area contributed by atoms with E-state index in [-0.39, 0.29) is 5.56 Å². The quantitative estimate of drug-likeness (QED) is 0.576. The molecule has 0 saturated heterocycles. The van der Waals surface area contributed by atoms with Gasteiger partial charge in [0.2, 0.25) is 0 Å². The van der Waals surface area contributed by atoms with Gasteiger partial charge in [-0.05, 0) is 16.4 Å². The summed E-state index contributed by atoms with van der Waals surface area (Å²) >= 11 is 0. The predicted molar refractivity (Wildman–Crippen MR) is 48.6 cm³/mol. The Hall–Kier alpha value is -1.84. The van der Waals surface area contributed by atoms with Gasteiger partial charge in [-0.25, -0.2) is 4.79 Å². The first kappa shape index (κ1) is 12.2. The lowest BCUT2D eigenvalue weighted by Crippen LogP contribution is -2.52. The van der Waals surface area contributed by atoms with Gasteiger partial charge in [-0.1, -0.05) is 0 Å². The lowest BCUT2D eigenvalue weighted by molar-refractivity contribution is -0.636. The number of hydrogen-bond donors (Lipinski definition) is 3. The predicted octanol–water partition coefficient (Wildman–Crippen LogP) is -1.11. The van der Waals surface area contributed by atoms with Crippen LogP contribution < -0.4 is 10.1 Å². The zero-order valence-corrected chi connectivity index (χ0v) is 8.60. The number of benzene rings is 1. The highest BCUT2D eigenvalue weighted by molar-refractivity contribution is 7.82.